The lowest BCUT2D eigenvalue weighted by atomic mass is 10.2. The number of methoxy groups -OCH3 is 1. The minimum Gasteiger partial charge on any atom is -0.487 e. The van der Waals surface area contributed by atoms with Crippen molar-refractivity contribution in [1.29, 1.82) is 0 Å². The second-order valence-corrected chi connectivity index (χ2v) is 8.62. The van der Waals surface area contributed by atoms with E-state index in [1.807, 2.05) is 0 Å². The summed E-state index contributed by atoms with van der Waals surface area (Å²) in [7, 11) is -1.69. The first-order valence-electron chi connectivity index (χ1n) is 8.74. The van der Waals surface area contributed by atoms with Crippen molar-refractivity contribution in [3.63, 3.8) is 0 Å². The average Bonchev–Trinajstić information content (AvgIpc) is 3.03. The van der Waals surface area contributed by atoms with E-state index in [1.54, 1.807) is 49.6 Å². The molecule has 0 spiro atoms. The quantitative estimate of drug-likeness (QED) is 0.690. The second kappa shape index (κ2) is 8.81. The molecule has 1 aliphatic heterocycles. The Bertz CT molecular complexity index is 947. The van der Waals surface area contributed by atoms with Crippen molar-refractivity contribution in [1.82, 2.24) is 0 Å². The van der Waals surface area contributed by atoms with Crippen LogP contribution in [0.2, 0.25) is 5.02 Å². The van der Waals surface area contributed by atoms with Crippen LogP contribution in [0.5, 0.6) is 5.75 Å². The number of sulfonamides is 1. The largest absolute Gasteiger partial charge is 0.487 e. The predicted molar refractivity (Wildman–Crippen MR) is 109 cm³/mol. The summed E-state index contributed by atoms with van der Waals surface area (Å²) in [4.78, 5) is 12.6. The summed E-state index contributed by atoms with van der Waals surface area (Å²) in [5, 5.41) is 3.16. The molecule has 1 aliphatic rings. The molecule has 1 heterocycles. The number of ether oxygens (including phenoxy) is 2. The fourth-order valence-corrected chi connectivity index (χ4v) is 4.68. The highest BCUT2D eigenvalue weighted by atomic mass is 35.5. The first-order chi connectivity index (χ1) is 13.4. The Morgan fingerprint density at radius 2 is 1.93 bits per heavy atom. The molecule has 0 bridgehead atoms. The molecule has 1 saturated heterocycles. The van der Waals surface area contributed by atoms with Gasteiger partial charge in [0, 0.05) is 19.2 Å². The number of halogens is 1. The van der Waals surface area contributed by atoms with E-state index < -0.39 is 10.0 Å². The normalized spacial score (nSPS) is 15.4. The number of benzene rings is 2. The van der Waals surface area contributed by atoms with Gasteiger partial charge in [0.15, 0.2) is 5.75 Å². The molecule has 0 atom stereocenters. The molecule has 1 amide bonds. The van der Waals surface area contributed by atoms with Gasteiger partial charge in [0.25, 0.3) is 5.91 Å². The van der Waals surface area contributed by atoms with Crippen LogP contribution >= 0.6 is 11.6 Å². The van der Waals surface area contributed by atoms with Crippen molar-refractivity contribution in [2.75, 3.05) is 42.2 Å². The smallest absolute Gasteiger partial charge is 0.255 e. The van der Waals surface area contributed by atoms with E-state index in [9.17, 15) is 13.2 Å². The number of rotatable bonds is 7. The molecule has 2 aromatic rings. The molecular formula is C19H21ClN2O5S. The molecule has 0 aliphatic carbocycles. The van der Waals surface area contributed by atoms with Crippen molar-refractivity contribution in [2.24, 2.45) is 0 Å². The fraction of sp³-hybridized carbons (Fsp3) is 0.316. The zero-order chi connectivity index (χ0) is 20.1. The van der Waals surface area contributed by atoms with Gasteiger partial charge >= 0.3 is 0 Å². The Labute approximate surface area is 169 Å². The third-order valence-electron chi connectivity index (χ3n) is 4.27. The summed E-state index contributed by atoms with van der Waals surface area (Å²) in [5.41, 5.74) is 1.39. The molecule has 1 fully saturated rings. The number of para-hydroxylation sites is 1. The Balaban J connectivity index is 1.74. The topological polar surface area (TPSA) is 84.9 Å². The molecule has 0 aromatic heterocycles. The van der Waals surface area contributed by atoms with Crippen LogP contribution in [-0.2, 0) is 14.8 Å². The van der Waals surface area contributed by atoms with E-state index in [0.717, 1.165) is 0 Å². The molecule has 150 valence electrons. The molecule has 1 N–H and O–H groups in total. The van der Waals surface area contributed by atoms with Gasteiger partial charge in [0.1, 0.15) is 6.61 Å². The van der Waals surface area contributed by atoms with Gasteiger partial charge in [-0.2, -0.15) is 0 Å². The van der Waals surface area contributed by atoms with Crippen LogP contribution < -0.4 is 14.4 Å². The van der Waals surface area contributed by atoms with Crippen LogP contribution in [0.4, 0.5) is 11.4 Å². The Morgan fingerprint density at radius 3 is 2.57 bits per heavy atom. The van der Waals surface area contributed by atoms with Gasteiger partial charge in [0.05, 0.1) is 28.8 Å². The number of carbonyl (C=O) groups excluding carboxylic acids is 1. The number of nitrogens with zero attached hydrogens (tertiary/aromatic N) is 1. The summed E-state index contributed by atoms with van der Waals surface area (Å²) in [6.45, 7) is 1.14. The van der Waals surface area contributed by atoms with E-state index in [2.05, 4.69) is 5.32 Å². The standard InChI is InChI=1S/C19H21ClN2O5S/c1-26-11-12-27-18-16(20)4-2-5-17(18)21-19(23)14-6-8-15(9-7-14)22-10-3-13-28(22,24)25/h2,4-9H,3,10-13H2,1H3,(H,21,23). The minimum absolute atomic E-state index is 0.149. The van der Waals surface area contributed by atoms with Gasteiger partial charge in [-0.05, 0) is 42.8 Å². The van der Waals surface area contributed by atoms with E-state index in [-0.39, 0.29) is 11.7 Å². The zero-order valence-corrected chi connectivity index (χ0v) is 16.9. The minimum atomic E-state index is -3.25. The molecule has 7 nitrogen and oxygen atoms in total. The number of hydrogen-bond acceptors (Lipinski definition) is 5. The van der Waals surface area contributed by atoms with Gasteiger partial charge in [-0.15, -0.1) is 0 Å². The maximum Gasteiger partial charge on any atom is 0.255 e. The summed E-state index contributed by atoms with van der Waals surface area (Å²) < 4.78 is 36.0. The molecule has 2 aromatic carbocycles. The monoisotopic (exact) mass is 424 g/mol. The Morgan fingerprint density at radius 1 is 1.18 bits per heavy atom. The van der Waals surface area contributed by atoms with Crippen molar-refractivity contribution in [2.45, 2.75) is 6.42 Å². The highest BCUT2D eigenvalue weighted by Gasteiger charge is 2.28. The first kappa shape index (κ1) is 20.4. The van der Waals surface area contributed by atoms with Crippen molar-refractivity contribution in [3.05, 3.63) is 53.1 Å². The SMILES string of the molecule is COCCOc1c(Cl)cccc1NC(=O)c1ccc(N2CCCS2(=O)=O)cc1. The Kier molecular flexibility index (Phi) is 6.43. The maximum atomic E-state index is 12.6. The Hall–Kier alpha value is -2.29. The molecule has 0 unspecified atom stereocenters. The first-order valence-corrected chi connectivity index (χ1v) is 10.7. The summed E-state index contributed by atoms with van der Waals surface area (Å²) in [6, 6.07) is 11.5. The van der Waals surface area contributed by atoms with Gasteiger partial charge in [-0.3, -0.25) is 9.10 Å². The van der Waals surface area contributed by atoms with Crippen LogP contribution in [0, 0.1) is 0 Å². The van der Waals surface area contributed by atoms with E-state index in [4.69, 9.17) is 21.1 Å². The number of anilines is 2. The molecule has 0 radical (unpaired) electrons. The number of hydrogen-bond donors (Lipinski definition) is 1. The lowest BCUT2D eigenvalue weighted by molar-refractivity contribution is 0.102. The molecule has 28 heavy (non-hydrogen) atoms. The number of carbonyl (C=O) groups is 1. The number of amides is 1. The fourth-order valence-electron chi connectivity index (χ4n) is 2.88. The van der Waals surface area contributed by atoms with Gasteiger partial charge in [-0.25, -0.2) is 8.42 Å². The van der Waals surface area contributed by atoms with E-state index >= 15 is 0 Å². The zero-order valence-electron chi connectivity index (χ0n) is 15.4. The predicted octanol–water partition coefficient (Wildman–Crippen LogP) is 3.16. The summed E-state index contributed by atoms with van der Waals surface area (Å²) in [6.07, 6.45) is 0.602. The van der Waals surface area contributed by atoms with Crippen LogP contribution in [0.25, 0.3) is 0 Å². The van der Waals surface area contributed by atoms with Crippen LogP contribution in [0.15, 0.2) is 42.5 Å². The van der Waals surface area contributed by atoms with E-state index in [1.165, 1.54) is 4.31 Å². The number of nitrogens with one attached hydrogen (secondary N) is 1. The second-order valence-electron chi connectivity index (χ2n) is 6.20. The molecule has 3 rings (SSSR count). The van der Waals surface area contributed by atoms with Crippen LogP contribution in [0.3, 0.4) is 0 Å². The van der Waals surface area contributed by atoms with Crippen LogP contribution in [-0.4, -0.2) is 46.9 Å². The average molecular weight is 425 g/mol. The lowest BCUT2D eigenvalue weighted by Crippen LogP contribution is -2.25. The van der Waals surface area contributed by atoms with Gasteiger partial charge < -0.3 is 14.8 Å². The summed E-state index contributed by atoms with van der Waals surface area (Å²) >= 11 is 6.18. The van der Waals surface area contributed by atoms with Crippen molar-refractivity contribution in [3.8, 4) is 5.75 Å². The highest BCUT2D eigenvalue weighted by Crippen LogP contribution is 2.33. The van der Waals surface area contributed by atoms with Crippen LogP contribution in [0.1, 0.15) is 16.8 Å². The molecular weight excluding hydrogens is 404 g/mol. The highest BCUT2D eigenvalue weighted by molar-refractivity contribution is 7.93. The maximum absolute atomic E-state index is 12.6. The van der Waals surface area contributed by atoms with Gasteiger partial charge in [-0.1, -0.05) is 17.7 Å². The molecule has 9 heteroatoms. The third kappa shape index (κ3) is 4.57. The van der Waals surface area contributed by atoms with Crippen molar-refractivity contribution < 1.29 is 22.7 Å². The lowest BCUT2D eigenvalue weighted by Gasteiger charge is -2.17. The summed E-state index contributed by atoms with van der Waals surface area (Å²) in [5.74, 6) is 0.166. The third-order valence-corrected chi connectivity index (χ3v) is 6.43. The van der Waals surface area contributed by atoms with Crippen molar-refractivity contribution >= 4 is 38.9 Å². The van der Waals surface area contributed by atoms with E-state index in [0.29, 0.717) is 53.9 Å². The van der Waals surface area contributed by atoms with Gasteiger partial charge in [0.2, 0.25) is 10.0 Å². The molecule has 0 saturated carbocycles.